The van der Waals surface area contributed by atoms with Crippen molar-refractivity contribution < 1.29 is 14.3 Å². The highest BCUT2D eigenvalue weighted by atomic mass is 16.5. The van der Waals surface area contributed by atoms with Crippen molar-refractivity contribution in [3.05, 3.63) is 54.1 Å². The molecule has 0 spiro atoms. The lowest BCUT2D eigenvalue weighted by Crippen LogP contribution is -2.23. The van der Waals surface area contributed by atoms with Crippen molar-refractivity contribution in [3.8, 4) is 0 Å². The lowest BCUT2D eigenvalue weighted by molar-refractivity contribution is -0.143. The van der Waals surface area contributed by atoms with Gasteiger partial charge in [-0.2, -0.15) is 0 Å². The van der Waals surface area contributed by atoms with Gasteiger partial charge in [0.15, 0.2) is 12.3 Å². The van der Waals surface area contributed by atoms with Crippen LogP contribution in [0.4, 0.5) is 0 Å². The van der Waals surface area contributed by atoms with Crippen LogP contribution >= 0.6 is 0 Å². The van der Waals surface area contributed by atoms with Crippen LogP contribution in [0.15, 0.2) is 42.9 Å². The maximum Gasteiger partial charge on any atom is 0.333 e. The van der Waals surface area contributed by atoms with Gasteiger partial charge in [-0.3, -0.25) is 4.79 Å². The molecular weight excluding hydrogens is 232 g/mol. The van der Waals surface area contributed by atoms with E-state index < -0.39 is 12.0 Å². The Kier molecular flexibility index (Phi) is 3.52. The zero-order chi connectivity index (χ0) is 13.0. The third-order valence-electron chi connectivity index (χ3n) is 2.63. The molecule has 1 aromatic carbocycles. The van der Waals surface area contributed by atoms with Gasteiger partial charge < -0.3 is 9.30 Å². The van der Waals surface area contributed by atoms with Crippen molar-refractivity contribution in [2.45, 2.75) is 6.04 Å². The summed E-state index contributed by atoms with van der Waals surface area (Å²) in [6.07, 6.45) is 3.51. The van der Waals surface area contributed by atoms with E-state index in [2.05, 4.69) is 4.98 Å². The third kappa shape index (κ3) is 2.15. The first-order chi connectivity index (χ1) is 8.77. The molecule has 18 heavy (non-hydrogen) atoms. The minimum absolute atomic E-state index is 0.328. The second-order valence-corrected chi connectivity index (χ2v) is 3.68. The number of aldehydes is 1. The number of nitrogens with zero attached hydrogens (tertiary/aromatic N) is 2. The summed E-state index contributed by atoms with van der Waals surface area (Å²) in [5.41, 5.74) is 1.07. The summed E-state index contributed by atoms with van der Waals surface area (Å²) in [6.45, 7) is 0. The fourth-order valence-corrected chi connectivity index (χ4v) is 1.78. The second kappa shape index (κ2) is 5.27. The van der Waals surface area contributed by atoms with Gasteiger partial charge in [-0.05, 0) is 5.56 Å². The molecule has 1 unspecified atom stereocenters. The first-order valence-corrected chi connectivity index (χ1v) is 5.37. The molecule has 0 N–H and O–H groups in total. The van der Waals surface area contributed by atoms with Crippen molar-refractivity contribution in [1.29, 1.82) is 0 Å². The summed E-state index contributed by atoms with van der Waals surface area (Å²) in [5, 5.41) is 0. The molecule has 0 amide bonds. The molecule has 0 bridgehead atoms. The highest BCUT2D eigenvalue weighted by molar-refractivity contribution is 5.80. The van der Waals surface area contributed by atoms with Gasteiger partial charge in [0.1, 0.15) is 5.69 Å². The molecule has 0 fully saturated rings. The molecule has 2 rings (SSSR count). The van der Waals surface area contributed by atoms with Gasteiger partial charge in [-0.1, -0.05) is 30.3 Å². The minimum Gasteiger partial charge on any atom is -0.467 e. The normalized spacial score (nSPS) is 11.8. The van der Waals surface area contributed by atoms with E-state index >= 15 is 0 Å². The molecule has 0 aliphatic carbocycles. The number of benzene rings is 1. The average Bonchev–Trinajstić information content (AvgIpc) is 2.88. The zero-order valence-corrected chi connectivity index (χ0v) is 9.82. The van der Waals surface area contributed by atoms with E-state index in [0.717, 1.165) is 5.56 Å². The van der Waals surface area contributed by atoms with Gasteiger partial charge >= 0.3 is 5.97 Å². The smallest absolute Gasteiger partial charge is 0.333 e. The average molecular weight is 244 g/mol. The second-order valence-electron chi connectivity index (χ2n) is 3.68. The number of methoxy groups -OCH3 is 1. The summed E-state index contributed by atoms with van der Waals surface area (Å²) in [4.78, 5) is 26.7. The number of hydrogen-bond acceptors (Lipinski definition) is 4. The van der Waals surface area contributed by atoms with Crippen molar-refractivity contribution >= 4 is 12.3 Å². The largest absolute Gasteiger partial charge is 0.467 e. The van der Waals surface area contributed by atoms with Crippen molar-refractivity contribution in [3.63, 3.8) is 0 Å². The van der Waals surface area contributed by atoms with Crippen molar-refractivity contribution in [2.75, 3.05) is 7.11 Å². The molecule has 0 radical (unpaired) electrons. The number of hydrogen-bond donors (Lipinski definition) is 0. The van der Waals surface area contributed by atoms with Crippen molar-refractivity contribution in [2.24, 2.45) is 0 Å². The highest BCUT2D eigenvalue weighted by Gasteiger charge is 2.24. The van der Waals surface area contributed by atoms with Crippen LogP contribution in [0.3, 0.4) is 0 Å². The van der Waals surface area contributed by atoms with Crippen molar-refractivity contribution in [1.82, 2.24) is 9.55 Å². The maximum absolute atomic E-state index is 11.9. The van der Waals surface area contributed by atoms with Gasteiger partial charge in [-0.25, -0.2) is 9.78 Å². The quantitative estimate of drug-likeness (QED) is 0.603. The van der Waals surface area contributed by atoms with Crippen LogP contribution in [0, 0.1) is 0 Å². The highest BCUT2D eigenvalue weighted by Crippen LogP contribution is 2.20. The molecule has 5 nitrogen and oxygen atoms in total. The summed E-state index contributed by atoms with van der Waals surface area (Å²) in [5.74, 6) is -0.442. The van der Waals surface area contributed by atoms with Gasteiger partial charge in [-0.15, -0.1) is 0 Å². The van der Waals surface area contributed by atoms with Crippen LogP contribution in [0.25, 0.3) is 0 Å². The summed E-state index contributed by atoms with van der Waals surface area (Å²) >= 11 is 0. The van der Waals surface area contributed by atoms with E-state index in [1.165, 1.54) is 24.2 Å². The molecular formula is C13H12N2O3. The molecule has 1 atom stereocenters. The number of carbonyl (C=O) groups excluding carboxylic acids is 2. The molecule has 0 aliphatic rings. The summed E-state index contributed by atoms with van der Waals surface area (Å²) < 4.78 is 6.28. The van der Waals surface area contributed by atoms with Crippen LogP contribution in [-0.2, 0) is 9.53 Å². The lowest BCUT2D eigenvalue weighted by Gasteiger charge is -2.17. The van der Waals surface area contributed by atoms with E-state index in [1.54, 1.807) is 12.1 Å². The summed E-state index contributed by atoms with van der Waals surface area (Å²) in [7, 11) is 1.32. The Morgan fingerprint density at radius 1 is 1.39 bits per heavy atom. The molecule has 0 saturated carbocycles. The molecule has 0 aliphatic heterocycles. The standard InChI is InChI=1S/C13H12N2O3/c1-18-13(17)12(10-5-3-2-4-6-10)15-9-14-7-11(15)8-16/h2-9,12H,1H3. The fraction of sp³-hybridized carbons (Fsp3) is 0.154. The van der Waals surface area contributed by atoms with E-state index in [9.17, 15) is 9.59 Å². The molecule has 2 aromatic rings. The Labute approximate surface area is 104 Å². The topological polar surface area (TPSA) is 61.2 Å². The van der Waals surface area contributed by atoms with E-state index in [4.69, 9.17) is 4.74 Å². The van der Waals surface area contributed by atoms with Crippen LogP contribution in [0.5, 0.6) is 0 Å². The molecule has 1 aromatic heterocycles. The number of rotatable bonds is 4. The van der Waals surface area contributed by atoms with Gasteiger partial charge in [0.2, 0.25) is 0 Å². The number of aromatic nitrogens is 2. The summed E-state index contributed by atoms with van der Waals surface area (Å²) in [6, 6.07) is 8.41. The Morgan fingerprint density at radius 3 is 2.72 bits per heavy atom. The Bertz CT molecular complexity index is 548. The lowest BCUT2D eigenvalue weighted by atomic mass is 10.1. The maximum atomic E-state index is 11.9. The zero-order valence-electron chi connectivity index (χ0n) is 9.82. The van der Waals surface area contributed by atoms with Crippen LogP contribution < -0.4 is 0 Å². The first kappa shape index (κ1) is 12.0. The molecule has 5 heteroatoms. The predicted molar refractivity (Wildman–Crippen MR) is 64.2 cm³/mol. The fourth-order valence-electron chi connectivity index (χ4n) is 1.78. The number of ether oxygens (including phenoxy) is 1. The third-order valence-corrected chi connectivity index (χ3v) is 2.63. The SMILES string of the molecule is COC(=O)C(c1ccccc1)n1cncc1C=O. The number of esters is 1. The van der Waals surface area contributed by atoms with E-state index in [1.807, 2.05) is 18.2 Å². The van der Waals surface area contributed by atoms with E-state index in [0.29, 0.717) is 12.0 Å². The van der Waals surface area contributed by atoms with Gasteiger partial charge in [0.25, 0.3) is 0 Å². The molecule has 92 valence electrons. The van der Waals surface area contributed by atoms with Gasteiger partial charge in [0.05, 0.1) is 19.6 Å². The molecule has 0 saturated heterocycles. The number of carbonyl (C=O) groups is 2. The Balaban J connectivity index is 2.50. The predicted octanol–water partition coefficient (Wildman–Crippen LogP) is 1.46. The molecule has 1 heterocycles. The van der Waals surface area contributed by atoms with Crippen LogP contribution in [-0.4, -0.2) is 28.9 Å². The number of imidazole rings is 1. The van der Waals surface area contributed by atoms with Crippen LogP contribution in [0.1, 0.15) is 22.1 Å². The monoisotopic (exact) mass is 244 g/mol. The first-order valence-electron chi connectivity index (χ1n) is 5.37. The Morgan fingerprint density at radius 2 is 2.11 bits per heavy atom. The Hall–Kier alpha value is -2.43. The minimum atomic E-state index is -0.695. The van der Waals surface area contributed by atoms with Crippen LogP contribution in [0.2, 0.25) is 0 Å². The van der Waals surface area contributed by atoms with Gasteiger partial charge in [0, 0.05) is 0 Å². The van der Waals surface area contributed by atoms with E-state index in [-0.39, 0.29) is 0 Å².